The molecule has 0 aromatic carbocycles. The van der Waals surface area contributed by atoms with Gasteiger partial charge in [0, 0.05) is 13.1 Å². The third-order valence-corrected chi connectivity index (χ3v) is 4.69. The van der Waals surface area contributed by atoms with Gasteiger partial charge in [0.1, 0.15) is 6.04 Å². The van der Waals surface area contributed by atoms with Gasteiger partial charge in [-0.2, -0.15) is 0 Å². The van der Waals surface area contributed by atoms with Crippen LogP contribution in [0.4, 0.5) is 0 Å². The van der Waals surface area contributed by atoms with E-state index < -0.39 is 12.0 Å². The van der Waals surface area contributed by atoms with Crippen LogP contribution < -0.4 is 5.32 Å². The number of hydrogen-bond acceptors (Lipinski definition) is 3. The highest BCUT2D eigenvalue weighted by molar-refractivity contribution is 5.85. The van der Waals surface area contributed by atoms with Crippen LogP contribution in [-0.2, 0) is 9.59 Å². The number of rotatable bonds is 3. The Kier molecular flexibility index (Phi) is 4.45. The maximum absolute atomic E-state index is 12.5. The summed E-state index contributed by atoms with van der Waals surface area (Å²) in [7, 11) is 0. The topological polar surface area (TPSA) is 69.6 Å². The number of carbonyl (C=O) groups is 2. The molecule has 0 bridgehead atoms. The smallest absolute Gasteiger partial charge is 0.326 e. The van der Waals surface area contributed by atoms with E-state index in [4.69, 9.17) is 0 Å². The second-order valence-corrected chi connectivity index (χ2v) is 5.93. The zero-order valence-corrected chi connectivity index (χ0v) is 11.8. The lowest BCUT2D eigenvalue weighted by Crippen LogP contribution is -2.52. The second-order valence-electron chi connectivity index (χ2n) is 5.93. The lowest BCUT2D eigenvalue weighted by atomic mass is 9.87. The molecule has 2 saturated heterocycles. The van der Waals surface area contributed by atoms with Gasteiger partial charge in [0.2, 0.25) is 5.91 Å². The lowest BCUT2D eigenvalue weighted by molar-refractivity contribution is -0.155. The molecule has 0 aromatic rings. The standard InChI is InChI=1S/C14H24N2O3/c1-3-10-4-5-16(12(6-10)14(18)19)13(17)11-8-15-7-9(11)2/h9-12,15H,3-8H2,1-2H3,(H,18,19). The van der Waals surface area contributed by atoms with Crippen molar-refractivity contribution in [1.82, 2.24) is 10.2 Å². The molecule has 2 aliphatic heterocycles. The summed E-state index contributed by atoms with van der Waals surface area (Å²) < 4.78 is 0. The number of nitrogens with zero attached hydrogens (tertiary/aromatic N) is 1. The molecule has 108 valence electrons. The van der Waals surface area contributed by atoms with Gasteiger partial charge < -0.3 is 15.3 Å². The first-order valence-electron chi connectivity index (χ1n) is 7.28. The van der Waals surface area contributed by atoms with E-state index in [0.29, 0.717) is 31.3 Å². The van der Waals surface area contributed by atoms with Gasteiger partial charge in [0.05, 0.1) is 5.92 Å². The largest absolute Gasteiger partial charge is 0.480 e. The second kappa shape index (κ2) is 5.90. The van der Waals surface area contributed by atoms with Gasteiger partial charge in [-0.1, -0.05) is 20.3 Å². The van der Waals surface area contributed by atoms with Crippen molar-refractivity contribution < 1.29 is 14.7 Å². The van der Waals surface area contributed by atoms with Crippen molar-refractivity contribution in [3.05, 3.63) is 0 Å². The van der Waals surface area contributed by atoms with E-state index in [2.05, 4.69) is 19.2 Å². The average molecular weight is 268 g/mol. The molecule has 0 saturated carbocycles. The molecule has 0 radical (unpaired) electrons. The van der Waals surface area contributed by atoms with Crippen LogP contribution in [-0.4, -0.2) is 47.6 Å². The van der Waals surface area contributed by atoms with Gasteiger partial charge in [-0.25, -0.2) is 4.79 Å². The van der Waals surface area contributed by atoms with Crippen LogP contribution in [0.1, 0.15) is 33.1 Å². The molecule has 2 aliphatic rings. The van der Waals surface area contributed by atoms with Crippen LogP contribution >= 0.6 is 0 Å². The highest BCUT2D eigenvalue weighted by Crippen LogP contribution is 2.29. The van der Waals surface area contributed by atoms with Gasteiger partial charge in [-0.3, -0.25) is 4.79 Å². The van der Waals surface area contributed by atoms with Gasteiger partial charge >= 0.3 is 5.97 Å². The Morgan fingerprint density at radius 1 is 1.37 bits per heavy atom. The first-order valence-corrected chi connectivity index (χ1v) is 7.28. The lowest BCUT2D eigenvalue weighted by Gasteiger charge is -2.38. The van der Waals surface area contributed by atoms with Gasteiger partial charge in [-0.05, 0) is 31.2 Å². The van der Waals surface area contributed by atoms with Crippen molar-refractivity contribution in [3.63, 3.8) is 0 Å². The molecule has 0 aliphatic carbocycles. The van der Waals surface area contributed by atoms with Crippen LogP contribution in [0.5, 0.6) is 0 Å². The van der Waals surface area contributed by atoms with E-state index in [-0.39, 0.29) is 11.8 Å². The summed E-state index contributed by atoms with van der Waals surface area (Å²) in [5, 5.41) is 12.6. The van der Waals surface area contributed by atoms with Crippen molar-refractivity contribution in [1.29, 1.82) is 0 Å². The summed E-state index contributed by atoms with van der Waals surface area (Å²) in [5.41, 5.74) is 0. The van der Waals surface area contributed by atoms with Crippen LogP contribution in [0.3, 0.4) is 0 Å². The highest BCUT2D eigenvalue weighted by Gasteiger charge is 2.40. The number of amides is 1. The van der Waals surface area contributed by atoms with Crippen LogP contribution in [0, 0.1) is 17.8 Å². The Balaban J connectivity index is 2.08. The first kappa shape index (κ1) is 14.3. The van der Waals surface area contributed by atoms with Crippen LogP contribution in [0.15, 0.2) is 0 Å². The minimum atomic E-state index is -0.856. The average Bonchev–Trinajstić information content (AvgIpc) is 2.83. The van der Waals surface area contributed by atoms with Crippen LogP contribution in [0.2, 0.25) is 0 Å². The fraction of sp³-hybridized carbons (Fsp3) is 0.857. The molecule has 5 heteroatoms. The molecule has 5 nitrogen and oxygen atoms in total. The molecular weight excluding hydrogens is 244 g/mol. The summed E-state index contributed by atoms with van der Waals surface area (Å²) >= 11 is 0. The van der Waals surface area contributed by atoms with E-state index in [9.17, 15) is 14.7 Å². The van der Waals surface area contributed by atoms with Crippen molar-refractivity contribution in [2.24, 2.45) is 17.8 Å². The van der Waals surface area contributed by atoms with E-state index in [1.54, 1.807) is 4.90 Å². The Labute approximate surface area is 114 Å². The van der Waals surface area contributed by atoms with Crippen molar-refractivity contribution in [3.8, 4) is 0 Å². The third kappa shape index (κ3) is 2.91. The van der Waals surface area contributed by atoms with Gasteiger partial charge in [-0.15, -0.1) is 0 Å². The molecule has 2 N–H and O–H groups in total. The number of carboxylic acids is 1. The number of nitrogens with one attached hydrogen (secondary N) is 1. The molecule has 19 heavy (non-hydrogen) atoms. The van der Waals surface area contributed by atoms with E-state index >= 15 is 0 Å². The monoisotopic (exact) mass is 268 g/mol. The molecule has 0 aromatic heterocycles. The quantitative estimate of drug-likeness (QED) is 0.799. The Morgan fingerprint density at radius 3 is 2.63 bits per heavy atom. The summed E-state index contributed by atoms with van der Waals surface area (Å²) in [5.74, 6) is -0.153. The molecule has 0 spiro atoms. The molecule has 4 atom stereocenters. The predicted octanol–water partition coefficient (Wildman–Crippen LogP) is 0.944. The predicted molar refractivity (Wildman–Crippen MR) is 71.7 cm³/mol. The Morgan fingerprint density at radius 2 is 2.11 bits per heavy atom. The number of carboxylic acid groups (broad SMARTS) is 1. The number of carbonyl (C=O) groups excluding carboxylic acids is 1. The fourth-order valence-corrected chi connectivity index (χ4v) is 3.26. The number of aliphatic carboxylic acids is 1. The Hall–Kier alpha value is -1.10. The van der Waals surface area contributed by atoms with Crippen LogP contribution in [0.25, 0.3) is 0 Å². The van der Waals surface area contributed by atoms with E-state index in [1.807, 2.05) is 0 Å². The van der Waals surface area contributed by atoms with E-state index in [1.165, 1.54) is 0 Å². The summed E-state index contributed by atoms with van der Waals surface area (Å²) in [4.78, 5) is 25.6. The first-order chi connectivity index (χ1) is 9.04. The van der Waals surface area contributed by atoms with Crippen molar-refractivity contribution in [2.75, 3.05) is 19.6 Å². The normalized spacial score (nSPS) is 35.4. The zero-order valence-electron chi connectivity index (χ0n) is 11.8. The molecule has 2 rings (SSSR count). The molecular formula is C14H24N2O3. The van der Waals surface area contributed by atoms with Crippen molar-refractivity contribution >= 4 is 11.9 Å². The zero-order chi connectivity index (χ0) is 14.0. The van der Waals surface area contributed by atoms with Crippen molar-refractivity contribution in [2.45, 2.75) is 39.2 Å². The highest BCUT2D eigenvalue weighted by atomic mass is 16.4. The fourth-order valence-electron chi connectivity index (χ4n) is 3.26. The minimum absolute atomic E-state index is 0.0273. The number of piperidine rings is 1. The number of likely N-dealkylation sites (tertiary alicyclic amines) is 1. The van der Waals surface area contributed by atoms with Gasteiger partial charge in [0.25, 0.3) is 0 Å². The maximum atomic E-state index is 12.5. The maximum Gasteiger partial charge on any atom is 0.326 e. The third-order valence-electron chi connectivity index (χ3n) is 4.69. The summed E-state index contributed by atoms with van der Waals surface area (Å²) in [6.45, 7) is 6.26. The SMILES string of the molecule is CCC1CCN(C(=O)C2CNCC2C)C(C(=O)O)C1. The summed E-state index contributed by atoms with van der Waals surface area (Å²) in [6.07, 6.45) is 2.53. The molecule has 4 unspecified atom stereocenters. The van der Waals surface area contributed by atoms with E-state index in [0.717, 1.165) is 19.4 Å². The molecule has 1 amide bonds. The Bertz CT molecular complexity index is 359. The number of hydrogen-bond donors (Lipinski definition) is 2. The molecule has 2 heterocycles. The minimum Gasteiger partial charge on any atom is -0.480 e. The molecule has 2 fully saturated rings. The van der Waals surface area contributed by atoms with Gasteiger partial charge in [0.15, 0.2) is 0 Å². The summed E-state index contributed by atoms with van der Waals surface area (Å²) in [6, 6.07) is -0.626.